The maximum atomic E-state index is 12.2. The van der Waals surface area contributed by atoms with Crippen LogP contribution in [0.2, 0.25) is 0 Å². The Balaban J connectivity index is 1.88. The van der Waals surface area contributed by atoms with Gasteiger partial charge < -0.3 is 20.7 Å². The lowest BCUT2D eigenvalue weighted by atomic mass is 10.2. The van der Waals surface area contributed by atoms with Gasteiger partial charge in [0.15, 0.2) is 0 Å². The molecule has 2 aromatic rings. The highest BCUT2D eigenvalue weighted by molar-refractivity contribution is 7.10. The van der Waals surface area contributed by atoms with E-state index in [1.54, 1.807) is 38.2 Å². The number of aryl methyl sites for hydroxylation is 1. The zero-order valence-corrected chi connectivity index (χ0v) is 14.6. The third kappa shape index (κ3) is 4.45. The summed E-state index contributed by atoms with van der Waals surface area (Å²) < 4.78 is 9.47. The van der Waals surface area contributed by atoms with Crippen molar-refractivity contribution in [1.82, 2.24) is 9.69 Å². The molecule has 0 atom stereocenters. The van der Waals surface area contributed by atoms with Crippen molar-refractivity contribution in [2.24, 2.45) is 0 Å². The number of ether oxygens (including phenoxy) is 1. The van der Waals surface area contributed by atoms with Crippen LogP contribution in [-0.2, 0) is 4.79 Å². The Morgan fingerprint density at radius 3 is 2.58 bits per heavy atom. The van der Waals surface area contributed by atoms with Crippen LogP contribution >= 0.6 is 11.5 Å². The molecule has 3 N–H and O–H groups in total. The molecule has 0 saturated carbocycles. The molecule has 0 unspecified atom stereocenters. The van der Waals surface area contributed by atoms with Crippen molar-refractivity contribution in [1.29, 1.82) is 0 Å². The van der Waals surface area contributed by atoms with E-state index in [0.29, 0.717) is 28.6 Å². The van der Waals surface area contributed by atoms with Crippen LogP contribution < -0.4 is 20.7 Å². The van der Waals surface area contributed by atoms with Crippen LogP contribution in [0.4, 0.5) is 10.7 Å². The maximum absolute atomic E-state index is 12.2. The van der Waals surface area contributed by atoms with Crippen LogP contribution in [0.15, 0.2) is 24.3 Å². The van der Waals surface area contributed by atoms with Gasteiger partial charge in [0.2, 0.25) is 5.91 Å². The molecule has 0 aliphatic heterocycles. The standard InChI is InChI=1S/C16H20N4O3S/c1-4-23-12-7-5-11(6-8-12)19-13(21)9-18-15(22)14-10(2)20-24-16(14)17-3/h5-8,17H,4,9H2,1-3H3,(H,18,22)(H,19,21). The van der Waals surface area contributed by atoms with Crippen molar-refractivity contribution in [3.05, 3.63) is 35.5 Å². The second kappa shape index (κ2) is 8.30. The fraction of sp³-hybridized carbons (Fsp3) is 0.312. The number of carbonyl (C=O) groups excluding carboxylic acids is 2. The fourth-order valence-electron chi connectivity index (χ4n) is 2.06. The Kier molecular flexibility index (Phi) is 6.14. The van der Waals surface area contributed by atoms with E-state index in [1.807, 2.05) is 6.92 Å². The molecule has 1 heterocycles. The Bertz CT molecular complexity index is 713. The van der Waals surface area contributed by atoms with Crippen LogP contribution in [-0.4, -0.2) is 36.4 Å². The predicted molar refractivity (Wildman–Crippen MR) is 95.0 cm³/mol. The van der Waals surface area contributed by atoms with Gasteiger partial charge in [-0.3, -0.25) is 9.59 Å². The first-order valence-corrected chi connectivity index (χ1v) is 8.27. The lowest BCUT2D eigenvalue weighted by Gasteiger charge is -2.09. The number of hydrogen-bond donors (Lipinski definition) is 3. The van der Waals surface area contributed by atoms with Crippen molar-refractivity contribution < 1.29 is 14.3 Å². The Morgan fingerprint density at radius 1 is 1.25 bits per heavy atom. The molecular formula is C16H20N4O3S. The number of nitrogens with one attached hydrogen (secondary N) is 3. The summed E-state index contributed by atoms with van der Waals surface area (Å²) in [6.45, 7) is 4.13. The minimum absolute atomic E-state index is 0.121. The van der Waals surface area contributed by atoms with E-state index in [0.717, 1.165) is 5.75 Å². The van der Waals surface area contributed by atoms with Gasteiger partial charge in [0, 0.05) is 12.7 Å². The van der Waals surface area contributed by atoms with Gasteiger partial charge in [-0.1, -0.05) is 0 Å². The second-order valence-corrected chi connectivity index (χ2v) is 5.68. The highest BCUT2D eigenvalue weighted by atomic mass is 32.1. The predicted octanol–water partition coefficient (Wildman–Crippen LogP) is 2.26. The van der Waals surface area contributed by atoms with Gasteiger partial charge in [0.05, 0.1) is 24.4 Å². The van der Waals surface area contributed by atoms with E-state index in [-0.39, 0.29) is 18.4 Å². The topological polar surface area (TPSA) is 92.4 Å². The highest BCUT2D eigenvalue weighted by Gasteiger charge is 2.18. The molecular weight excluding hydrogens is 328 g/mol. The van der Waals surface area contributed by atoms with Gasteiger partial charge in [-0.25, -0.2) is 0 Å². The number of rotatable bonds is 7. The molecule has 7 nitrogen and oxygen atoms in total. The summed E-state index contributed by atoms with van der Waals surface area (Å²) >= 11 is 1.21. The molecule has 1 aromatic heterocycles. The molecule has 0 aliphatic carbocycles. The van der Waals surface area contributed by atoms with Gasteiger partial charge in [-0.05, 0) is 49.6 Å². The normalized spacial score (nSPS) is 10.1. The fourth-order valence-corrected chi connectivity index (χ4v) is 2.81. The molecule has 2 amide bonds. The van der Waals surface area contributed by atoms with E-state index < -0.39 is 0 Å². The zero-order chi connectivity index (χ0) is 17.5. The molecule has 24 heavy (non-hydrogen) atoms. The number of carbonyl (C=O) groups is 2. The SMILES string of the molecule is CCOc1ccc(NC(=O)CNC(=O)c2c(C)nsc2NC)cc1. The van der Waals surface area contributed by atoms with Crippen LogP contribution in [0.5, 0.6) is 5.75 Å². The molecule has 8 heteroatoms. The number of hydrogen-bond acceptors (Lipinski definition) is 6. The van der Waals surface area contributed by atoms with Gasteiger partial charge in [0.25, 0.3) is 5.91 Å². The van der Waals surface area contributed by atoms with E-state index in [9.17, 15) is 9.59 Å². The average molecular weight is 348 g/mol. The first-order chi connectivity index (χ1) is 11.5. The third-order valence-electron chi connectivity index (χ3n) is 3.18. The minimum Gasteiger partial charge on any atom is -0.494 e. The van der Waals surface area contributed by atoms with E-state index in [2.05, 4.69) is 20.3 Å². The number of nitrogens with zero attached hydrogens (tertiary/aromatic N) is 1. The van der Waals surface area contributed by atoms with Crippen molar-refractivity contribution in [2.45, 2.75) is 13.8 Å². The van der Waals surface area contributed by atoms with Crippen LogP contribution in [0.3, 0.4) is 0 Å². The quantitative estimate of drug-likeness (QED) is 0.714. The Labute approximate surface area is 144 Å². The minimum atomic E-state index is -0.326. The smallest absolute Gasteiger partial charge is 0.256 e. The van der Waals surface area contributed by atoms with Crippen molar-refractivity contribution in [2.75, 3.05) is 30.8 Å². The number of anilines is 2. The number of aromatic nitrogens is 1. The maximum Gasteiger partial charge on any atom is 0.256 e. The lowest BCUT2D eigenvalue weighted by molar-refractivity contribution is -0.115. The van der Waals surface area contributed by atoms with Crippen molar-refractivity contribution >= 4 is 34.0 Å². The van der Waals surface area contributed by atoms with Crippen LogP contribution in [0.25, 0.3) is 0 Å². The summed E-state index contributed by atoms with van der Waals surface area (Å²) in [4.78, 5) is 24.1. The Hall–Kier alpha value is -2.61. The molecule has 128 valence electrons. The molecule has 2 rings (SSSR count). The van der Waals surface area contributed by atoms with Crippen LogP contribution in [0.1, 0.15) is 23.0 Å². The van der Waals surface area contributed by atoms with E-state index >= 15 is 0 Å². The number of amides is 2. The third-order valence-corrected chi connectivity index (χ3v) is 4.13. The first-order valence-electron chi connectivity index (χ1n) is 7.50. The average Bonchev–Trinajstić information content (AvgIpc) is 2.95. The second-order valence-electron chi connectivity index (χ2n) is 4.91. The Morgan fingerprint density at radius 2 is 1.96 bits per heavy atom. The monoisotopic (exact) mass is 348 g/mol. The van der Waals surface area contributed by atoms with Crippen molar-refractivity contribution in [3.63, 3.8) is 0 Å². The molecule has 0 aliphatic rings. The molecule has 0 fully saturated rings. The summed E-state index contributed by atoms with van der Waals surface area (Å²) in [5.74, 6) is 0.107. The summed E-state index contributed by atoms with van der Waals surface area (Å²) in [5, 5.41) is 8.92. The lowest BCUT2D eigenvalue weighted by Crippen LogP contribution is -2.33. The van der Waals surface area contributed by atoms with Gasteiger partial charge >= 0.3 is 0 Å². The molecule has 0 bridgehead atoms. The first kappa shape index (κ1) is 17.7. The summed E-state index contributed by atoms with van der Waals surface area (Å²) in [7, 11) is 1.72. The van der Waals surface area contributed by atoms with E-state index in [1.165, 1.54) is 11.5 Å². The molecule has 0 spiro atoms. The number of benzene rings is 1. The molecule has 0 saturated heterocycles. The molecule has 1 aromatic carbocycles. The van der Waals surface area contributed by atoms with Crippen LogP contribution in [0, 0.1) is 6.92 Å². The molecule has 0 radical (unpaired) electrons. The highest BCUT2D eigenvalue weighted by Crippen LogP contribution is 2.23. The summed E-state index contributed by atoms with van der Waals surface area (Å²) in [6.07, 6.45) is 0. The largest absolute Gasteiger partial charge is 0.494 e. The van der Waals surface area contributed by atoms with Gasteiger partial charge in [-0.2, -0.15) is 4.37 Å². The zero-order valence-electron chi connectivity index (χ0n) is 13.8. The van der Waals surface area contributed by atoms with E-state index in [4.69, 9.17) is 4.74 Å². The van der Waals surface area contributed by atoms with Gasteiger partial charge in [-0.15, -0.1) is 0 Å². The van der Waals surface area contributed by atoms with Crippen molar-refractivity contribution in [3.8, 4) is 5.75 Å². The summed E-state index contributed by atoms with van der Waals surface area (Å²) in [6, 6.07) is 7.04. The van der Waals surface area contributed by atoms with Gasteiger partial charge in [0.1, 0.15) is 10.8 Å². The summed E-state index contributed by atoms with van der Waals surface area (Å²) in [5.41, 5.74) is 1.74.